The molecule has 0 aliphatic carbocycles. The van der Waals surface area contributed by atoms with Crippen LogP contribution in [0.15, 0.2) is 0 Å². The van der Waals surface area contributed by atoms with Crippen molar-refractivity contribution >= 4 is 0 Å². The van der Waals surface area contributed by atoms with Gasteiger partial charge in [-0.05, 0) is 18.4 Å². The molecule has 1 aliphatic heterocycles. The summed E-state index contributed by atoms with van der Waals surface area (Å²) in [5, 5.41) is 3.34. The Morgan fingerprint density at radius 2 is 2.10 bits per heavy atom. The summed E-state index contributed by atoms with van der Waals surface area (Å²) in [6.07, 6.45) is 0. The van der Waals surface area contributed by atoms with Crippen LogP contribution < -0.4 is 5.32 Å². The molecule has 10 heavy (non-hydrogen) atoms. The Kier molecular flexibility index (Phi) is 3.16. The molecule has 2 nitrogen and oxygen atoms in total. The minimum Gasteiger partial charge on any atom is -0.380 e. The van der Waals surface area contributed by atoms with Crippen molar-refractivity contribution in [1.29, 1.82) is 0 Å². The van der Waals surface area contributed by atoms with E-state index in [9.17, 15) is 0 Å². The van der Waals surface area contributed by atoms with Gasteiger partial charge in [0.25, 0.3) is 0 Å². The molecule has 1 saturated heterocycles. The molecule has 2 atom stereocenters. The highest BCUT2D eigenvalue weighted by Crippen LogP contribution is 2.10. The Morgan fingerprint density at radius 3 is 2.90 bits per heavy atom. The molecule has 2 heteroatoms. The average molecular weight is 143 g/mol. The molecule has 0 aromatic heterocycles. The Balaban J connectivity index is 2.28. The van der Waals surface area contributed by atoms with E-state index in [1.54, 1.807) is 0 Å². The second-order valence-electron chi connectivity index (χ2n) is 3.23. The molecule has 1 N–H and O–H groups in total. The van der Waals surface area contributed by atoms with E-state index < -0.39 is 0 Å². The van der Waals surface area contributed by atoms with E-state index >= 15 is 0 Å². The number of nitrogens with one attached hydrogen (secondary N) is 1. The molecule has 1 heterocycles. The largest absolute Gasteiger partial charge is 0.380 e. The van der Waals surface area contributed by atoms with Gasteiger partial charge in [-0.1, -0.05) is 13.8 Å². The number of ether oxygens (including phenoxy) is 1. The molecule has 1 aliphatic rings. The third kappa shape index (κ3) is 2.27. The van der Waals surface area contributed by atoms with E-state index in [-0.39, 0.29) is 0 Å². The lowest BCUT2D eigenvalue weighted by Gasteiger charge is -2.23. The van der Waals surface area contributed by atoms with Crippen molar-refractivity contribution in [2.45, 2.75) is 13.8 Å². The van der Waals surface area contributed by atoms with Crippen molar-refractivity contribution in [3.63, 3.8) is 0 Å². The monoisotopic (exact) mass is 143 g/mol. The summed E-state index contributed by atoms with van der Waals surface area (Å²) in [5.41, 5.74) is 0. The van der Waals surface area contributed by atoms with Crippen LogP contribution in [0.1, 0.15) is 13.8 Å². The number of rotatable bonds is 0. The normalized spacial score (nSPS) is 36.6. The van der Waals surface area contributed by atoms with Crippen LogP contribution in [0.2, 0.25) is 0 Å². The van der Waals surface area contributed by atoms with E-state index in [1.165, 1.54) is 0 Å². The highest BCUT2D eigenvalue weighted by Gasteiger charge is 2.13. The van der Waals surface area contributed by atoms with Crippen molar-refractivity contribution in [2.24, 2.45) is 11.8 Å². The van der Waals surface area contributed by atoms with Crippen molar-refractivity contribution in [1.82, 2.24) is 5.32 Å². The molecule has 0 spiro atoms. The zero-order valence-corrected chi connectivity index (χ0v) is 6.89. The van der Waals surface area contributed by atoms with Gasteiger partial charge >= 0.3 is 0 Å². The molecule has 0 saturated carbocycles. The third-order valence-corrected chi connectivity index (χ3v) is 2.24. The van der Waals surface area contributed by atoms with Crippen molar-refractivity contribution in [3.05, 3.63) is 0 Å². The highest BCUT2D eigenvalue weighted by molar-refractivity contribution is 4.66. The zero-order valence-electron chi connectivity index (χ0n) is 6.89. The van der Waals surface area contributed by atoms with Crippen LogP contribution in [0.4, 0.5) is 0 Å². The van der Waals surface area contributed by atoms with Gasteiger partial charge in [-0.15, -0.1) is 0 Å². The summed E-state index contributed by atoms with van der Waals surface area (Å²) in [7, 11) is 0. The standard InChI is InChI=1S/C8H17NO/c1-7-5-9-3-4-10-6-8(7)2/h7-9H,3-6H2,1-2H3. The fraction of sp³-hybridized carbons (Fsp3) is 1.00. The van der Waals surface area contributed by atoms with Crippen molar-refractivity contribution in [2.75, 3.05) is 26.3 Å². The van der Waals surface area contributed by atoms with Crippen LogP contribution in [-0.4, -0.2) is 26.3 Å². The Bertz CT molecular complexity index is 83.3. The predicted octanol–water partition coefficient (Wildman–Crippen LogP) is 0.878. The van der Waals surface area contributed by atoms with Crippen LogP contribution >= 0.6 is 0 Å². The van der Waals surface area contributed by atoms with Gasteiger partial charge in [0, 0.05) is 13.2 Å². The molecule has 60 valence electrons. The van der Waals surface area contributed by atoms with Crippen molar-refractivity contribution < 1.29 is 4.74 Å². The molecule has 0 radical (unpaired) electrons. The first-order valence-electron chi connectivity index (χ1n) is 4.09. The average Bonchev–Trinajstić information content (AvgIpc) is 1.92. The van der Waals surface area contributed by atoms with Gasteiger partial charge in [-0.25, -0.2) is 0 Å². The summed E-state index contributed by atoms with van der Waals surface area (Å²) >= 11 is 0. The fourth-order valence-corrected chi connectivity index (χ4v) is 1.11. The number of hydrogen-bond donors (Lipinski definition) is 1. The van der Waals surface area contributed by atoms with Crippen LogP contribution in [0, 0.1) is 11.8 Å². The third-order valence-electron chi connectivity index (χ3n) is 2.24. The summed E-state index contributed by atoms with van der Waals surface area (Å²) in [6, 6.07) is 0. The summed E-state index contributed by atoms with van der Waals surface area (Å²) in [6.45, 7) is 8.48. The molecular formula is C8H17NO. The lowest BCUT2D eigenvalue weighted by atomic mass is 9.96. The highest BCUT2D eigenvalue weighted by atomic mass is 16.5. The Morgan fingerprint density at radius 1 is 1.30 bits per heavy atom. The van der Waals surface area contributed by atoms with Gasteiger partial charge in [0.15, 0.2) is 0 Å². The van der Waals surface area contributed by atoms with E-state index in [2.05, 4.69) is 19.2 Å². The SMILES string of the molecule is CC1CNCCOCC1C. The molecular weight excluding hydrogens is 126 g/mol. The first kappa shape index (κ1) is 8.02. The molecule has 0 aromatic rings. The van der Waals surface area contributed by atoms with Gasteiger partial charge in [0.1, 0.15) is 0 Å². The van der Waals surface area contributed by atoms with Gasteiger partial charge in [-0.3, -0.25) is 0 Å². The summed E-state index contributed by atoms with van der Waals surface area (Å²) in [5.74, 6) is 1.45. The lowest BCUT2D eigenvalue weighted by Crippen LogP contribution is -2.33. The maximum Gasteiger partial charge on any atom is 0.0591 e. The van der Waals surface area contributed by atoms with E-state index in [0.717, 1.165) is 32.2 Å². The minimum absolute atomic E-state index is 0.702. The van der Waals surface area contributed by atoms with E-state index in [1.807, 2.05) is 0 Å². The molecule has 0 amide bonds. The second-order valence-corrected chi connectivity index (χ2v) is 3.23. The lowest BCUT2D eigenvalue weighted by molar-refractivity contribution is 0.0740. The number of hydrogen-bond acceptors (Lipinski definition) is 2. The maximum absolute atomic E-state index is 5.39. The van der Waals surface area contributed by atoms with Crippen LogP contribution in [0.3, 0.4) is 0 Å². The first-order valence-corrected chi connectivity index (χ1v) is 4.09. The van der Waals surface area contributed by atoms with Gasteiger partial charge < -0.3 is 10.1 Å². The predicted molar refractivity (Wildman–Crippen MR) is 42.0 cm³/mol. The fourth-order valence-electron chi connectivity index (χ4n) is 1.11. The first-order chi connectivity index (χ1) is 4.80. The minimum atomic E-state index is 0.702. The van der Waals surface area contributed by atoms with Crippen molar-refractivity contribution in [3.8, 4) is 0 Å². The molecule has 1 rings (SSSR count). The van der Waals surface area contributed by atoms with Gasteiger partial charge in [0.05, 0.1) is 6.61 Å². The molecule has 1 fully saturated rings. The van der Waals surface area contributed by atoms with Crippen LogP contribution in [-0.2, 0) is 4.74 Å². The zero-order chi connectivity index (χ0) is 7.40. The van der Waals surface area contributed by atoms with E-state index in [4.69, 9.17) is 4.74 Å². The molecule has 2 unspecified atom stereocenters. The van der Waals surface area contributed by atoms with Crippen LogP contribution in [0.25, 0.3) is 0 Å². The molecule has 0 bridgehead atoms. The topological polar surface area (TPSA) is 21.3 Å². The second kappa shape index (κ2) is 3.94. The smallest absolute Gasteiger partial charge is 0.0591 e. The van der Waals surface area contributed by atoms with E-state index in [0.29, 0.717) is 5.92 Å². The Hall–Kier alpha value is -0.0800. The molecule has 0 aromatic carbocycles. The summed E-state index contributed by atoms with van der Waals surface area (Å²) < 4.78 is 5.39. The van der Waals surface area contributed by atoms with Gasteiger partial charge in [0.2, 0.25) is 0 Å². The quantitative estimate of drug-likeness (QED) is 0.543. The van der Waals surface area contributed by atoms with Crippen LogP contribution in [0.5, 0.6) is 0 Å². The van der Waals surface area contributed by atoms with Gasteiger partial charge in [-0.2, -0.15) is 0 Å². The maximum atomic E-state index is 5.39. The summed E-state index contributed by atoms with van der Waals surface area (Å²) in [4.78, 5) is 0. The Labute approximate surface area is 63.0 Å².